The highest BCUT2D eigenvalue weighted by Gasteiger charge is 2.53. The van der Waals surface area contributed by atoms with Crippen LogP contribution in [0.15, 0.2) is 24.3 Å². The van der Waals surface area contributed by atoms with Gasteiger partial charge in [0.1, 0.15) is 24.4 Å². The van der Waals surface area contributed by atoms with E-state index in [1.54, 1.807) is 0 Å². The average molecular weight is 178 g/mol. The Bertz CT molecular complexity index is 350. The Balaban J connectivity index is 2.14. The maximum atomic E-state index is 9.70. The van der Waals surface area contributed by atoms with Gasteiger partial charge in [0.05, 0.1) is 0 Å². The molecule has 0 unspecified atom stereocenters. The van der Waals surface area contributed by atoms with Crippen LogP contribution in [0.2, 0.25) is 0 Å². The molecule has 0 aromatic heterocycles. The molecule has 3 heteroatoms. The van der Waals surface area contributed by atoms with Crippen molar-refractivity contribution in [1.29, 1.82) is 0 Å². The van der Waals surface area contributed by atoms with Crippen molar-refractivity contribution in [3.63, 3.8) is 0 Å². The smallest absolute Gasteiger partial charge is 0.118 e. The fraction of sp³-hybridized carbons (Fsp3) is 0.400. The summed E-state index contributed by atoms with van der Waals surface area (Å²) in [5.41, 5.74) is 1.82. The minimum atomic E-state index is -0.792. The zero-order valence-electron chi connectivity index (χ0n) is 6.92. The van der Waals surface area contributed by atoms with Crippen molar-refractivity contribution >= 4 is 0 Å². The number of fused-ring (bicyclic) bond motifs is 3. The summed E-state index contributed by atoms with van der Waals surface area (Å²) in [5, 5.41) is 19.3. The van der Waals surface area contributed by atoms with Gasteiger partial charge in [0.15, 0.2) is 0 Å². The van der Waals surface area contributed by atoms with Crippen LogP contribution in [-0.2, 0) is 4.74 Å². The first-order chi connectivity index (χ1) is 6.29. The number of rotatable bonds is 0. The zero-order chi connectivity index (χ0) is 9.00. The van der Waals surface area contributed by atoms with Crippen LogP contribution in [0.4, 0.5) is 0 Å². The third-order valence-corrected chi connectivity index (χ3v) is 2.81. The monoisotopic (exact) mass is 178 g/mol. The minimum Gasteiger partial charge on any atom is -0.387 e. The topological polar surface area (TPSA) is 53.0 Å². The first-order valence-corrected chi connectivity index (χ1v) is 4.39. The summed E-state index contributed by atoms with van der Waals surface area (Å²) in [5.74, 6) is 0. The lowest BCUT2D eigenvalue weighted by molar-refractivity contribution is -0.00000488. The Morgan fingerprint density at radius 2 is 1.77 bits per heavy atom. The number of benzene rings is 1. The lowest BCUT2D eigenvalue weighted by Gasteiger charge is -2.22. The molecule has 3 nitrogen and oxygen atoms in total. The van der Waals surface area contributed by atoms with E-state index >= 15 is 0 Å². The van der Waals surface area contributed by atoms with Crippen LogP contribution < -0.4 is 0 Å². The van der Waals surface area contributed by atoms with Gasteiger partial charge in [0, 0.05) is 0 Å². The van der Waals surface area contributed by atoms with Gasteiger partial charge in [-0.2, -0.15) is 0 Å². The van der Waals surface area contributed by atoms with Crippen molar-refractivity contribution in [1.82, 2.24) is 0 Å². The molecule has 1 fully saturated rings. The van der Waals surface area contributed by atoms with Gasteiger partial charge in [-0.15, -0.1) is 0 Å². The molecule has 13 heavy (non-hydrogen) atoms. The van der Waals surface area contributed by atoms with Crippen molar-refractivity contribution < 1.29 is 14.9 Å². The molecule has 2 N–H and O–H groups in total. The Morgan fingerprint density at radius 1 is 1.08 bits per heavy atom. The highest BCUT2D eigenvalue weighted by atomic mass is 16.6. The Kier molecular flexibility index (Phi) is 1.34. The van der Waals surface area contributed by atoms with Gasteiger partial charge in [-0.25, -0.2) is 0 Å². The van der Waals surface area contributed by atoms with Gasteiger partial charge in [-0.3, -0.25) is 0 Å². The van der Waals surface area contributed by atoms with E-state index < -0.39 is 12.2 Å². The molecule has 1 aromatic rings. The molecule has 0 spiro atoms. The van der Waals surface area contributed by atoms with Gasteiger partial charge in [0.2, 0.25) is 0 Å². The molecule has 2 aliphatic rings. The number of epoxide rings is 1. The molecule has 0 saturated carbocycles. The molecule has 1 heterocycles. The maximum Gasteiger partial charge on any atom is 0.118 e. The summed E-state index contributed by atoms with van der Waals surface area (Å²) in [4.78, 5) is 0. The predicted octanol–water partition coefficient (Wildman–Crippen LogP) is 0.534. The second kappa shape index (κ2) is 2.32. The van der Waals surface area contributed by atoms with Crippen LogP contribution in [0.25, 0.3) is 0 Å². The predicted molar refractivity (Wildman–Crippen MR) is 45.0 cm³/mol. The lowest BCUT2D eigenvalue weighted by Crippen LogP contribution is -2.28. The summed E-state index contributed by atoms with van der Waals surface area (Å²) in [6.07, 6.45) is -1.74. The largest absolute Gasteiger partial charge is 0.387 e. The number of hydrogen-bond acceptors (Lipinski definition) is 3. The van der Waals surface area contributed by atoms with Crippen molar-refractivity contribution in [2.75, 3.05) is 0 Å². The summed E-state index contributed by atoms with van der Waals surface area (Å²) in [6.45, 7) is 0. The van der Waals surface area contributed by atoms with Gasteiger partial charge in [-0.1, -0.05) is 24.3 Å². The Labute approximate surface area is 75.6 Å². The lowest BCUT2D eigenvalue weighted by atomic mass is 9.88. The zero-order valence-corrected chi connectivity index (χ0v) is 6.92. The Morgan fingerprint density at radius 3 is 2.54 bits per heavy atom. The maximum absolute atomic E-state index is 9.70. The molecule has 4 atom stereocenters. The van der Waals surface area contributed by atoms with E-state index in [0.29, 0.717) is 0 Å². The molecule has 1 aliphatic heterocycles. The molecule has 68 valence electrons. The van der Waals surface area contributed by atoms with E-state index in [9.17, 15) is 10.2 Å². The fourth-order valence-electron chi connectivity index (χ4n) is 2.04. The third-order valence-electron chi connectivity index (χ3n) is 2.81. The minimum absolute atomic E-state index is 0.00889. The first-order valence-electron chi connectivity index (χ1n) is 4.39. The normalized spacial score (nSPS) is 40.8. The SMILES string of the molecule is O[C@H]1[C@H]2O[C@H]2c2ccccc2[C@@H]1O. The summed E-state index contributed by atoms with van der Waals surface area (Å²) in [6, 6.07) is 7.55. The van der Waals surface area contributed by atoms with E-state index in [0.717, 1.165) is 11.1 Å². The van der Waals surface area contributed by atoms with Crippen LogP contribution in [0.5, 0.6) is 0 Å². The number of aliphatic hydroxyl groups excluding tert-OH is 2. The number of aliphatic hydroxyl groups is 2. The molecule has 1 saturated heterocycles. The van der Waals surface area contributed by atoms with Gasteiger partial charge in [0.25, 0.3) is 0 Å². The standard InChI is InChI=1S/C10H10O3/c11-7-5-3-1-2-4-6(5)9-10(13-9)8(7)12/h1-4,7-12H/t7-,8+,9-,10+/m0/s1. The summed E-state index contributed by atoms with van der Waals surface area (Å²) >= 11 is 0. The highest BCUT2D eigenvalue weighted by molar-refractivity contribution is 5.38. The van der Waals surface area contributed by atoms with Gasteiger partial charge < -0.3 is 14.9 Å². The molecule has 3 rings (SSSR count). The third kappa shape index (κ3) is 0.892. The second-order valence-electron chi connectivity index (χ2n) is 3.59. The average Bonchev–Trinajstić information content (AvgIpc) is 2.94. The molecular weight excluding hydrogens is 168 g/mol. The molecule has 1 aromatic carbocycles. The van der Waals surface area contributed by atoms with Crippen molar-refractivity contribution in [3.8, 4) is 0 Å². The van der Waals surface area contributed by atoms with Crippen molar-refractivity contribution in [3.05, 3.63) is 35.4 Å². The van der Waals surface area contributed by atoms with Crippen molar-refractivity contribution in [2.45, 2.75) is 24.4 Å². The molecule has 0 amide bonds. The van der Waals surface area contributed by atoms with E-state index in [-0.39, 0.29) is 12.2 Å². The van der Waals surface area contributed by atoms with Gasteiger partial charge >= 0.3 is 0 Å². The Hall–Kier alpha value is -0.900. The van der Waals surface area contributed by atoms with E-state index in [4.69, 9.17) is 4.74 Å². The van der Waals surface area contributed by atoms with Crippen LogP contribution >= 0.6 is 0 Å². The quantitative estimate of drug-likeness (QED) is 0.570. The van der Waals surface area contributed by atoms with E-state index in [1.165, 1.54) is 0 Å². The summed E-state index contributed by atoms with van der Waals surface area (Å²) < 4.78 is 5.28. The van der Waals surface area contributed by atoms with Crippen LogP contribution in [0.3, 0.4) is 0 Å². The fourth-order valence-corrected chi connectivity index (χ4v) is 2.04. The molecular formula is C10H10O3. The van der Waals surface area contributed by atoms with E-state index in [2.05, 4.69) is 0 Å². The number of hydrogen-bond donors (Lipinski definition) is 2. The second-order valence-corrected chi connectivity index (χ2v) is 3.59. The van der Waals surface area contributed by atoms with Crippen LogP contribution in [0, 0.1) is 0 Å². The molecule has 0 bridgehead atoms. The summed E-state index contributed by atoms with van der Waals surface area (Å²) in [7, 11) is 0. The van der Waals surface area contributed by atoms with Crippen LogP contribution in [-0.4, -0.2) is 22.4 Å². The molecule has 0 radical (unpaired) electrons. The molecule has 1 aliphatic carbocycles. The first kappa shape index (κ1) is 7.50. The van der Waals surface area contributed by atoms with Gasteiger partial charge in [-0.05, 0) is 11.1 Å². The van der Waals surface area contributed by atoms with Crippen LogP contribution in [0.1, 0.15) is 23.3 Å². The van der Waals surface area contributed by atoms with Crippen molar-refractivity contribution in [2.24, 2.45) is 0 Å². The number of ether oxygens (including phenoxy) is 1. The van der Waals surface area contributed by atoms with E-state index in [1.807, 2.05) is 24.3 Å². The highest BCUT2D eigenvalue weighted by Crippen LogP contribution is 2.50.